The van der Waals surface area contributed by atoms with Gasteiger partial charge >= 0.3 is 0 Å². The van der Waals surface area contributed by atoms with Gasteiger partial charge in [-0.2, -0.15) is 0 Å². The Kier molecular flexibility index (Phi) is 3.67. The van der Waals surface area contributed by atoms with E-state index >= 15 is 0 Å². The lowest BCUT2D eigenvalue weighted by atomic mass is 10.1. The number of anilines is 1. The molecule has 1 aromatic carbocycles. The molecule has 2 aromatic rings. The number of furan rings is 1. The van der Waals surface area contributed by atoms with Gasteiger partial charge in [-0.3, -0.25) is 0 Å². The standard InChI is InChI=1S/C14H16N2OS/c1-9-5-6-12(11(8-9)14(15)18)16-10(2)13-4-3-7-17-13/h3-8,10,16H,1-2H3,(H2,15,18). The Balaban J connectivity index is 2.26. The number of aryl methyl sites for hydroxylation is 1. The molecule has 0 aliphatic carbocycles. The van der Waals surface area contributed by atoms with Crippen molar-refractivity contribution in [2.75, 3.05) is 5.32 Å². The smallest absolute Gasteiger partial charge is 0.125 e. The Labute approximate surface area is 112 Å². The van der Waals surface area contributed by atoms with Gasteiger partial charge in [-0.1, -0.05) is 23.8 Å². The van der Waals surface area contributed by atoms with Crippen molar-refractivity contribution in [3.8, 4) is 0 Å². The van der Waals surface area contributed by atoms with Crippen LogP contribution in [-0.2, 0) is 0 Å². The van der Waals surface area contributed by atoms with Gasteiger partial charge in [0.05, 0.1) is 12.3 Å². The molecule has 18 heavy (non-hydrogen) atoms. The molecule has 2 rings (SSSR count). The molecular weight excluding hydrogens is 244 g/mol. The molecule has 0 saturated carbocycles. The number of thiocarbonyl (C=S) groups is 1. The zero-order valence-electron chi connectivity index (χ0n) is 10.4. The Morgan fingerprint density at radius 2 is 2.17 bits per heavy atom. The van der Waals surface area contributed by atoms with Crippen molar-refractivity contribution in [2.45, 2.75) is 19.9 Å². The van der Waals surface area contributed by atoms with E-state index in [1.54, 1.807) is 6.26 Å². The number of benzene rings is 1. The molecule has 3 N–H and O–H groups in total. The molecule has 1 heterocycles. The van der Waals surface area contributed by atoms with E-state index in [0.717, 1.165) is 22.6 Å². The molecule has 0 fully saturated rings. The van der Waals surface area contributed by atoms with E-state index in [1.165, 1.54) is 0 Å². The van der Waals surface area contributed by atoms with Crippen LogP contribution in [0.1, 0.15) is 29.9 Å². The first-order valence-electron chi connectivity index (χ1n) is 5.78. The summed E-state index contributed by atoms with van der Waals surface area (Å²) in [6, 6.07) is 9.88. The lowest BCUT2D eigenvalue weighted by Gasteiger charge is -2.16. The first-order chi connectivity index (χ1) is 8.58. The highest BCUT2D eigenvalue weighted by Gasteiger charge is 2.11. The summed E-state index contributed by atoms with van der Waals surface area (Å²) in [5, 5.41) is 3.36. The summed E-state index contributed by atoms with van der Waals surface area (Å²) >= 11 is 5.08. The van der Waals surface area contributed by atoms with Crippen LogP contribution in [0.2, 0.25) is 0 Å². The summed E-state index contributed by atoms with van der Waals surface area (Å²) < 4.78 is 5.36. The molecule has 0 spiro atoms. The first-order valence-corrected chi connectivity index (χ1v) is 6.19. The van der Waals surface area contributed by atoms with Crippen LogP contribution in [0, 0.1) is 6.92 Å². The van der Waals surface area contributed by atoms with E-state index in [4.69, 9.17) is 22.4 Å². The van der Waals surface area contributed by atoms with Crippen molar-refractivity contribution in [2.24, 2.45) is 5.73 Å². The van der Waals surface area contributed by atoms with Gasteiger partial charge in [-0.05, 0) is 38.1 Å². The van der Waals surface area contributed by atoms with Crippen molar-refractivity contribution < 1.29 is 4.42 Å². The van der Waals surface area contributed by atoms with Crippen LogP contribution in [0.3, 0.4) is 0 Å². The van der Waals surface area contributed by atoms with Gasteiger partial charge in [0.2, 0.25) is 0 Å². The van der Waals surface area contributed by atoms with Crippen LogP contribution >= 0.6 is 12.2 Å². The fourth-order valence-corrected chi connectivity index (χ4v) is 2.00. The van der Waals surface area contributed by atoms with Crippen molar-refractivity contribution in [3.63, 3.8) is 0 Å². The minimum atomic E-state index is 0.0656. The lowest BCUT2D eigenvalue weighted by molar-refractivity contribution is 0.490. The highest BCUT2D eigenvalue weighted by molar-refractivity contribution is 7.80. The Bertz CT molecular complexity index is 549. The third-order valence-corrected chi connectivity index (χ3v) is 3.00. The van der Waals surface area contributed by atoms with Gasteiger partial charge in [0, 0.05) is 11.3 Å². The highest BCUT2D eigenvalue weighted by Crippen LogP contribution is 2.23. The molecule has 4 heteroatoms. The van der Waals surface area contributed by atoms with Crippen LogP contribution < -0.4 is 11.1 Å². The molecule has 0 radical (unpaired) electrons. The van der Waals surface area contributed by atoms with Crippen molar-refractivity contribution >= 4 is 22.9 Å². The summed E-state index contributed by atoms with van der Waals surface area (Å²) in [7, 11) is 0. The second kappa shape index (κ2) is 5.23. The molecule has 1 aromatic heterocycles. The minimum Gasteiger partial charge on any atom is -0.467 e. The predicted octanol–water partition coefficient (Wildman–Crippen LogP) is 3.40. The van der Waals surface area contributed by atoms with Gasteiger partial charge < -0.3 is 15.5 Å². The zero-order valence-corrected chi connectivity index (χ0v) is 11.3. The molecule has 0 amide bonds. The summed E-state index contributed by atoms with van der Waals surface area (Å²) in [5.74, 6) is 0.879. The Morgan fingerprint density at radius 3 is 2.78 bits per heavy atom. The van der Waals surface area contributed by atoms with E-state index in [9.17, 15) is 0 Å². The SMILES string of the molecule is Cc1ccc(NC(C)c2ccco2)c(C(N)=S)c1. The first kappa shape index (κ1) is 12.6. The van der Waals surface area contributed by atoms with Gasteiger partial charge in [0.15, 0.2) is 0 Å². The number of nitrogens with one attached hydrogen (secondary N) is 1. The molecule has 1 atom stereocenters. The second-order valence-electron chi connectivity index (χ2n) is 4.29. The van der Waals surface area contributed by atoms with Crippen LogP contribution in [-0.4, -0.2) is 4.99 Å². The molecule has 0 aliphatic heterocycles. The van der Waals surface area contributed by atoms with E-state index in [-0.39, 0.29) is 6.04 Å². The van der Waals surface area contributed by atoms with Crippen LogP contribution in [0.15, 0.2) is 41.0 Å². The third kappa shape index (κ3) is 2.71. The maximum atomic E-state index is 5.75. The number of hydrogen-bond donors (Lipinski definition) is 2. The normalized spacial score (nSPS) is 12.1. The number of hydrogen-bond acceptors (Lipinski definition) is 3. The predicted molar refractivity (Wildman–Crippen MR) is 77.8 cm³/mol. The average Bonchev–Trinajstić information content (AvgIpc) is 2.84. The Morgan fingerprint density at radius 1 is 1.39 bits per heavy atom. The van der Waals surface area contributed by atoms with Crippen LogP contribution in [0.5, 0.6) is 0 Å². The minimum absolute atomic E-state index is 0.0656. The fraction of sp³-hybridized carbons (Fsp3) is 0.214. The summed E-state index contributed by atoms with van der Waals surface area (Å²) in [6.45, 7) is 4.05. The lowest BCUT2D eigenvalue weighted by Crippen LogP contribution is -2.15. The maximum absolute atomic E-state index is 5.75. The van der Waals surface area contributed by atoms with Gasteiger partial charge in [-0.15, -0.1) is 0 Å². The van der Waals surface area contributed by atoms with Gasteiger partial charge in [0.25, 0.3) is 0 Å². The van der Waals surface area contributed by atoms with E-state index in [2.05, 4.69) is 5.32 Å². The number of nitrogens with two attached hydrogens (primary N) is 1. The quantitative estimate of drug-likeness (QED) is 0.827. The maximum Gasteiger partial charge on any atom is 0.125 e. The zero-order chi connectivity index (χ0) is 13.1. The van der Waals surface area contributed by atoms with Gasteiger partial charge in [-0.25, -0.2) is 0 Å². The molecule has 0 bridgehead atoms. The summed E-state index contributed by atoms with van der Waals surface area (Å²) in [6.07, 6.45) is 1.66. The van der Waals surface area contributed by atoms with Crippen molar-refractivity contribution in [1.82, 2.24) is 0 Å². The average molecular weight is 260 g/mol. The molecular formula is C14H16N2OS. The topological polar surface area (TPSA) is 51.2 Å². The monoisotopic (exact) mass is 260 g/mol. The molecule has 0 aliphatic rings. The second-order valence-corrected chi connectivity index (χ2v) is 4.73. The molecule has 0 saturated heterocycles. The molecule has 1 unspecified atom stereocenters. The van der Waals surface area contributed by atoms with Crippen molar-refractivity contribution in [1.29, 1.82) is 0 Å². The van der Waals surface area contributed by atoms with Gasteiger partial charge in [0.1, 0.15) is 10.7 Å². The van der Waals surface area contributed by atoms with E-state index in [1.807, 2.05) is 44.2 Å². The van der Waals surface area contributed by atoms with Crippen LogP contribution in [0.25, 0.3) is 0 Å². The van der Waals surface area contributed by atoms with E-state index in [0.29, 0.717) is 4.99 Å². The highest BCUT2D eigenvalue weighted by atomic mass is 32.1. The molecule has 3 nitrogen and oxygen atoms in total. The van der Waals surface area contributed by atoms with Crippen LogP contribution in [0.4, 0.5) is 5.69 Å². The summed E-state index contributed by atoms with van der Waals surface area (Å²) in [4.78, 5) is 0.396. The van der Waals surface area contributed by atoms with E-state index < -0.39 is 0 Å². The van der Waals surface area contributed by atoms with Crippen molar-refractivity contribution in [3.05, 3.63) is 53.5 Å². The Hall–Kier alpha value is -1.81. The molecule has 94 valence electrons. The fourth-order valence-electron chi connectivity index (χ4n) is 1.83. The number of rotatable bonds is 4. The third-order valence-electron chi connectivity index (χ3n) is 2.78. The summed E-state index contributed by atoms with van der Waals surface area (Å²) in [5.41, 5.74) is 8.67. The largest absolute Gasteiger partial charge is 0.467 e.